The van der Waals surface area contributed by atoms with Gasteiger partial charge in [-0.1, -0.05) is 35.5 Å². The summed E-state index contributed by atoms with van der Waals surface area (Å²) in [5, 5.41) is 4.50. The predicted molar refractivity (Wildman–Crippen MR) is 106 cm³/mol. The zero-order valence-electron chi connectivity index (χ0n) is 15.3. The van der Waals surface area contributed by atoms with Crippen molar-refractivity contribution in [2.75, 3.05) is 6.61 Å². The molecule has 0 aliphatic rings. The van der Waals surface area contributed by atoms with E-state index in [2.05, 4.69) is 10.1 Å². The number of fused-ring (bicyclic) bond motifs is 1. The third-order valence-corrected chi connectivity index (χ3v) is 5.51. The number of esters is 1. The fraction of sp³-hybridized carbons (Fsp3) is 0.200. The van der Waals surface area contributed by atoms with Crippen molar-refractivity contribution in [3.05, 3.63) is 69.3 Å². The Morgan fingerprint density at radius 2 is 2.07 bits per heavy atom. The molecule has 3 aromatic heterocycles. The molecule has 142 valence electrons. The summed E-state index contributed by atoms with van der Waals surface area (Å²) in [6.45, 7) is 3.96. The molecule has 4 aromatic rings. The van der Waals surface area contributed by atoms with E-state index in [1.807, 2.05) is 30.3 Å². The predicted octanol–water partition coefficient (Wildman–Crippen LogP) is 3.65. The second-order valence-electron chi connectivity index (χ2n) is 6.18. The molecular weight excluding hydrogens is 378 g/mol. The van der Waals surface area contributed by atoms with Crippen LogP contribution in [-0.4, -0.2) is 27.3 Å². The van der Waals surface area contributed by atoms with E-state index in [1.54, 1.807) is 19.9 Å². The number of carbonyl (C=O) groups is 1. The van der Waals surface area contributed by atoms with Gasteiger partial charge in [-0.3, -0.25) is 9.36 Å². The van der Waals surface area contributed by atoms with Gasteiger partial charge >= 0.3 is 5.97 Å². The molecule has 1 aromatic carbocycles. The van der Waals surface area contributed by atoms with E-state index in [0.29, 0.717) is 32.1 Å². The van der Waals surface area contributed by atoms with Gasteiger partial charge in [0.1, 0.15) is 15.4 Å². The Bertz CT molecular complexity index is 1210. The molecule has 0 amide bonds. The fourth-order valence-corrected chi connectivity index (χ4v) is 4.00. The third-order valence-electron chi connectivity index (χ3n) is 4.33. The van der Waals surface area contributed by atoms with Crippen LogP contribution in [0, 0.1) is 6.92 Å². The highest BCUT2D eigenvalue weighted by Gasteiger charge is 2.20. The number of aryl methyl sites for hydroxylation is 1. The standard InChI is InChI=1S/C20H17N3O4S/c1-3-26-20(25)17-12(2)16-18(28-17)21-11-23(19(16)24)10-14-9-15(22-27-14)13-7-5-4-6-8-13/h4-9,11H,3,10H2,1-2H3. The van der Waals surface area contributed by atoms with Crippen LogP contribution in [0.1, 0.15) is 27.9 Å². The summed E-state index contributed by atoms with van der Waals surface area (Å²) in [5.41, 5.74) is 2.00. The van der Waals surface area contributed by atoms with Crippen LogP contribution in [0.25, 0.3) is 21.5 Å². The maximum absolute atomic E-state index is 12.9. The Morgan fingerprint density at radius 1 is 1.29 bits per heavy atom. The Morgan fingerprint density at radius 3 is 2.82 bits per heavy atom. The van der Waals surface area contributed by atoms with Crippen LogP contribution in [0.2, 0.25) is 0 Å². The summed E-state index contributed by atoms with van der Waals surface area (Å²) >= 11 is 1.17. The molecule has 0 radical (unpaired) electrons. The quantitative estimate of drug-likeness (QED) is 0.480. The van der Waals surface area contributed by atoms with Crippen molar-refractivity contribution in [1.29, 1.82) is 0 Å². The molecule has 0 aliphatic heterocycles. The Balaban J connectivity index is 1.68. The fourth-order valence-electron chi connectivity index (χ4n) is 2.96. The topological polar surface area (TPSA) is 87.2 Å². The molecule has 0 aliphatic carbocycles. The van der Waals surface area contributed by atoms with Crippen LogP contribution in [0.3, 0.4) is 0 Å². The maximum Gasteiger partial charge on any atom is 0.348 e. The molecule has 4 rings (SSSR count). The molecule has 0 atom stereocenters. The normalized spacial score (nSPS) is 11.1. The SMILES string of the molecule is CCOC(=O)c1sc2ncn(Cc3cc(-c4ccccc4)no3)c(=O)c2c1C. The van der Waals surface area contributed by atoms with Crippen LogP contribution in [0.4, 0.5) is 0 Å². The number of hydrogen-bond donors (Lipinski definition) is 0. The van der Waals surface area contributed by atoms with E-state index >= 15 is 0 Å². The van der Waals surface area contributed by atoms with Crippen LogP contribution < -0.4 is 5.56 Å². The summed E-state index contributed by atoms with van der Waals surface area (Å²) in [7, 11) is 0. The lowest BCUT2D eigenvalue weighted by Crippen LogP contribution is -2.21. The second-order valence-corrected chi connectivity index (χ2v) is 7.18. The van der Waals surface area contributed by atoms with Crippen molar-refractivity contribution >= 4 is 27.5 Å². The van der Waals surface area contributed by atoms with Crippen molar-refractivity contribution in [1.82, 2.24) is 14.7 Å². The first-order valence-electron chi connectivity index (χ1n) is 8.75. The van der Waals surface area contributed by atoms with E-state index in [-0.39, 0.29) is 18.7 Å². The van der Waals surface area contributed by atoms with E-state index in [4.69, 9.17) is 9.26 Å². The average Bonchev–Trinajstić information content (AvgIpc) is 3.30. The van der Waals surface area contributed by atoms with Crippen molar-refractivity contribution in [3.63, 3.8) is 0 Å². The number of benzene rings is 1. The number of aromatic nitrogens is 3. The highest BCUT2D eigenvalue weighted by Crippen LogP contribution is 2.27. The number of carbonyl (C=O) groups excluding carboxylic acids is 1. The summed E-state index contributed by atoms with van der Waals surface area (Å²) in [6.07, 6.45) is 1.46. The summed E-state index contributed by atoms with van der Waals surface area (Å²) in [6, 6.07) is 11.5. The highest BCUT2D eigenvalue weighted by atomic mass is 32.1. The van der Waals surface area contributed by atoms with Gasteiger partial charge in [-0.25, -0.2) is 9.78 Å². The molecule has 0 N–H and O–H groups in total. The van der Waals surface area contributed by atoms with Gasteiger partial charge in [-0.15, -0.1) is 11.3 Å². The summed E-state index contributed by atoms with van der Waals surface area (Å²) in [5.74, 6) is 0.109. The van der Waals surface area contributed by atoms with Crippen molar-refractivity contribution in [2.45, 2.75) is 20.4 Å². The van der Waals surface area contributed by atoms with Crippen LogP contribution in [0.5, 0.6) is 0 Å². The number of nitrogens with zero attached hydrogens (tertiary/aromatic N) is 3. The summed E-state index contributed by atoms with van der Waals surface area (Å²) < 4.78 is 11.9. The Hall–Kier alpha value is -3.26. The van der Waals surface area contributed by atoms with Gasteiger partial charge in [-0.05, 0) is 19.4 Å². The van der Waals surface area contributed by atoms with E-state index in [0.717, 1.165) is 5.56 Å². The lowest BCUT2D eigenvalue weighted by Gasteiger charge is -2.02. The van der Waals surface area contributed by atoms with Gasteiger partial charge in [0.15, 0.2) is 5.76 Å². The molecule has 0 fully saturated rings. The van der Waals surface area contributed by atoms with Crippen LogP contribution in [-0.2, 0) is 11.3 Å². The molecular formula is C20H17N3O4S. The minimum atomic E-state index is -0.434. The van der Waals surface area contributed by atoms with E-state index in [9.17, 15) is 9.59 Å². The first kappa shape index (κ1) is 18.1. The number of thiophene rings is 1. The molecule has 0 unspecified atom stereocenters. The molecule has 8 heteroatoms. The van der Waals surface area contributed by atoms with Gasteiger partial charge in [0.25, 0.3) is 5.56 Å². The van der Waals surface area contributed by atoms with Crippen LogP contribution in [0.15, 0.2) is 52.0 Å². The lowest BCUT2D eigenvalue weighted by molar-refractivity contribution is 0.0531. The minimum absolute atomic E-state index is 0.200. The van der Waals surface area contributed by atoms with E-state index in [1.165, 1.54) is 22.2 Å². The zero-order valence-corrected chi connectivity index (χ0v) is 16.2. The van der Waals surface area contributed by atoms with Gasteiger partial charge in [0.05, 0.1) is 24.9 Å². The van der Waals surface area contributed by atoms with Crippen molar-refractivity contribution in [2.24, 2.45) is 0 Å². The number of ether oxygens (including phenoxy) is 1. The van der Waals surface area contributed by atoms with E-state index < -0.39 is 5.97 Å². The smallest absolute Gasteiger partial charge is 0.348 e. The lowest BCUT2D eigenvalue weighted by atomic mass is 10.1. The third kappa shape index (κ3) is 3.22. The largest absolute Gasteiger partial charge is 0.462 e. The molecule has 0 saturated heterocycles. The molecule has 0 saturated carbocycles. The van der Waals surface area contributed by atoms with Crippen molar-refractivity contribution < 1.29 is 14.1 Å². The zero-order chi connectivity index (χ0) is 19.7. The Labute approximate surface area is 164 Å². The van der Waals surface area contributed by atoms with Gasteiger partial charge < -0.3 is 9.26 Å². The monoisotopic (exact) mass is 395 g/mol. The average molecular weight is 395 g/mol. The van der Waals surface area contributed by atoms with Gasteiger partial charge in [0, 0.05) is 11.6 Å². The molecule has 0 bridgehead atoms. The van der Waals surface area contributed by atoms with Crippen LogP contribution >= 0.6 is 11.3 Å². The molecule has 28 heavy (non-hydrogen) atoms. The number of hydrogen-bond acceptors (Lipinski definition) is 7. The summed E-state index contributed by atoms with van der Waals surface area (Å²) in [4.78, 5) is 30.3. The second kappa shape index (κ2) is 7.40. The molecule has 0 spiro atoms. The van der Waals surface area contributed by atoms with Crippen molar-refractivity contribution in [3.8, 4) is 11.3 Å². The first-order chi connectivity index (χ1) is 13.6. The van der Waals surface area contributed by atoms with Gasteiger partial charge in [-0.2, -0.15) is 0 Å². The number of rotatable bonds is 5. The first-order valence-corrected chi connectivity index (χ1v) is 9.56. The molecule has 7 nitrogen and oxygen atoms in total. The maximum atomic E-state index is 12.9. The Kier molecular flexibility index (Phi) is 4.79. The highest BCUT2D eigenvalue weighted by molar-refractivity contribution is 7.20. The minimum Gasteiger partial charge on any atom is -0.462 e. The molecule has 3 heterocycles. The van der Waals surface area contributed by atoms with Gasteiger partial charge in [0.2, 0.25) is 0 Å².